The molecule has 0 amide bonds. The summed E-state index contributed by atoms with van der Waals surface area (Å²) in [6, 6.07) is 0. The van der Waals surface area contributed by atoms with Crippen LogP contribution in [0.25, 0.3) is 0 Å². The minimum absolute atomic E-state index is 0.179. The van der Waals surface area contributed by atoms with E-state index >= 15 is 0 Å². The molecule has 4 saturated carbocycles. The summed E-state index contributed by atoms with van der Waals surface area (Å²) >= 11 is 0. The zero-order valence-electron chi connectivity index (χ0n) is 15.4. The molecule has 4 fully saturated rings. The second-order valence-corrected chi connectivity index (χ2v) is 9.19. The van der Waals surface area contributed by atoms with Gasteiger partial charge in [-0.15, -0.1) is 0 Å². The highest BCUT2D eigenvalue weighted by Crippen LogP contribution is 2.60. The quantitative estimate of drug-likeness (QED) is 0.575. The first-order valence-electron chi connectivity index (χ1n) is 9.20. The molecule has 0 unspecified atom stereocenters. The van der Waals surface area contributed by atoms with Crippen LogP contribution in [-0.4, -0.2) is 23.1 Å². The maximum Gasteiger partial charge on any atom is 0.333 e. The second-order valence-electron chi connectivity index (χ2n) is 9.19. The van der Waals surface area contributed by atoms with Crippen molar-refractivity contribution in [1.29, 1.82) is 0 Å². The lowest BCUT2D eigenvalue weighted by atomic mass is 9.49. The van der Waals surface area contributed by atoms with E-state index in [0.29, 0.717) is 5.57 Å². The van der Waals surface area contributed by atoms with Gasteiger partial charge in [0.2, 0.25) is 0 Å². The third-order valence-corrected chi connectivity index (χ3v) is 5.99. The molecule has 0 heterocycles. The largest absolute Gasteiger partial charge is 0.460 e. The third-order valence-electron chi connectivity index (χ3n) is 5.99. The monoisotopic (exact) mass is 334 g/mol. The summed E-state index contributed by atoms with van der Waals surface area (Å²) in [5, 5.41) is 0. The first-order valence-corrected chi connectivity index (χ1v) is 9.20. The SMILES string of the molecule is C=C(C)C(=O)OC1(CC(=O)OC(C)(C)C)C2CC3CC(C2)CC1C3. The Morgan fingerprint density at radius 2 is 1.54 bits per heavy atom. The van der Waals surface area contributed by atoms with E-state index in [4.69, 9.17) is 9.47 Å². The molecule has 0 aromatic carbocycles. The number of hydrogen-bond donors (Lipinski definition) is 0. The van der Waals surface area contributed by atoms with E-state index in [1.54, 1.807) is 6.92 Å². The number of carbonyl (C=O) groups excluding carboxylic acids is 2. The van der Waals surface area contributed by atoms with Gasteiger partial charge in [0.25, 0.3) is 0 Å². The summed E-state index contributed by atoms with van der Waals surface area (Å²) in [6.45, 7) is 11.0. The molecule has 0 aliphatic heterocycles. The molecule has 0 spiro atoms. The number of hydrogen-bond acceptors (Lipinski definition) is 4. The van der Waals surface area contributed by atoms with Gasteiger partial charge in [0.15, 0.2) is 0 Å². The molecule has 4 rings (SSSR count). The van der Waals surface area contributed by atoms with Crippen molar-refractivity contribution in [3.63, 3.8) is 0 Å². The fourth-order valence-corrected chi connectivity index (χ4v) is 5.34. The van der Waals surface area contributed by atoms with Crippen LogP contribution in [0.1, 0.15) is 66.2 Å². The summed E-state index contributed by atoms with van der Waals surface area (Å²) in [5.41, 5.74) is -0.818. The lowest BCUT2D eigenvalue weighted by Gasteiger charge is -2.60. The number of ether oxygens (including phenoxy) is 2. The maximum atomic E-state index is 12.6. The van der Waals surface area contributed by atoms with E-state index in [9.17, 15) is 9.59 Å². The van der Waals surface area contributed by atoms with Gasteiger partial charge in [-0.25, -0.2) is 4.79 Å². The Labute approximate surface area is 145 Å². The van der Waals surface area contributed by atoms with Gasteiger partial charge in [-0.3, -0.25) is 4.79 Å². The molecular formula is C20H30O4. The third kappa shape index (κ3) is 3.25. The van der Waals surface area contributed by atoms with E-state index < -0.39 is 11.2 Å². The molecule has 4 heteroatoms. The standard InChI is InChI=1S/C20H30O4/c1-12(2)18(22)24-20(11-17(21)23-19(3,4)5)15-7-13-6-14(9-15)10-16(20)8-13/h13-16H,1,6-11H2,2-5H3. The Morgan fingerprint density at radius 1 is 1.04 bits per heavy atom. The predicted octanol–water partition coefficient (Wildman–Crippen LogP) is 4.03. The highest BCUT2D eigenvalue weighted by molar-refractivity contribution is 5.87. The van der Waals surface area contributed by atoms with Gasteiger partial charge < -0.3 is 9.47 Å². The number of esters is 2. The maximum absolute atomic E-state index is 12.6. The van der Waals surface area contributed by atoms with Crippen molar-refractivity contribution in [2.75, 3.05) is 0 Å². The molecule has 4 aliphatic rings. The minimum Gasteiger partial charge on any atom is -0.460 e. The Balaban J connectivity index is 1.86. The molecule has 134 valence electrons. The van der Waals surface area contributed by atoms with Crippen molar-refractivity contribution < 1.29 is 19.1 Å². The highest BCUT2D eigenvalue weighted by Gasteiger charge is 2.60. The lowest BCUT2D eigenvalue weighted by molar-refractivity contribution is -0.214. The van der Waals surface area contributed by atoms with Crippen LogP contribution in [0.2, 0.25) is 0 Å². The molecule has 4 aliphatic carbocycles. The van der Waals surface area contributed by atoms with Crippen LogP contribution in [-0.2, 0) is 19.1 Å². The van der Waals surface area contributed by atoms with Gasteiger partial charge >= 0.3 is 11.9 Å². The first kappa shape index (κ1) is 17.5. The zero-order valence-corrected chi connectivity index (χ0v) is 15.4. The number of carbonyl (C=O) groups is 2. The first-order chi connectivity index (χ1) is 11.1. The summed E-state index contributed by atoms with van der Waals surface area (Å²) < 4.78 is 11.6. The van der Waals surface area contributed by atoms with Crippen molar-refractivity contribution in [1.82, 2.24) is 0 Å². The smallest absolute Gasteiger partial charge is 0.333 e. The average molecular weight is 334 g/mol. The topological polar surface area (TPSA) is 52.6 Å². The van der Waals surface area contributed by atoms with E-state index in [0.717, 1.165) is 37.5 Å². The molecule has 4 nitrogen and oxygen atoms in total. The molecule has 0 saturated heterocycles. The van der Waals surface area contributed by atoms with Crippen LogP contribution in [0.4, 0.5) is 0 Å². The normalized spacial score (nSPS) is 37.2. The van der Waals surface area contributed by atoms with E-state index in [1.807, 2.05) is 20.8 Å². The summed E-state index contributed by atoms with van der Waals surface area (Å²) in [7, 11) is 0. The van der Waals surface area contributed by atoms with E-state index in [-0.39, 0.29) is 30.2 Å². The van der Waals surface area contributed by atoms with Crippen LogP contribution >= 0.6 is 0 Å². The van der Waals surface area contributed by atoms with Crippen molar-refractivity contribution in [3.8, 4) is 0 Å². The number of rotatable bonds is 4. The minimum atomic E-state index is -0.689. The molecule has 0 atom stereocenters. The van der Waals surface area contributed by atoms with E-state index in [1.165, 1.54) is 6.42 Å². The summed E-state index contributed by atoms with van der Waals surface area (Å²) in [6.07, 6.45) is 5.76. The van der Waals surface area contributed by atoms with Crippen molar-refractivity contribution in [2.24, 2.45) is 23.7 Å². The van der Waals surface area contributed by atoms with Crippen LogP contribution < -0.4 is 0 Å². The Hall–Kier alpha value is -1.32. The lowest BCUT2D eigenvalue weighted by Crippen LogP contribution is -2.60. The van der Waals surface area contributed by atoms with Crippen molar-refractivity contribution in [3.05, 3.63) is 12.2 Å². The van der Waals surface area contributed by atoms with Gasteiger partial charge in [0.05, 0.1) is 6.42 Å². The van der Waals surface area contributed by atoms with Crippen LogP contribution in [0.15, 0.2) is 12.2 Å². The van der Waals surface area contributed by atoms with Crippen LogP contribution in [0, 0.1) is 23.7 Å². The molecule has 0 aromatic rings. The fraction of sp³-hybridized carbons (Fsp3) is 0.800. The summed E-state index contributed by atoms with van der Waals surface area (Å²) in [5.74, 6) is 1.41. The molecule has 4 bridgehead atoms. The van der Waals surface area contributed by atoms with Crippen molar-refractivity contribution in [2.45, 2.75) is 77.4 Å². The van der Waals surface area contributed by atoms with Gasteiger partial charge in [-0.2, -0.15) is 0 Å². The highest BCUT2D eigenvalue weighted by atomic mass is 16.6. The Morgan fingerprint density at radius 3 is 1.96 bits per heavy atom. The second kappa shape index (κ2) is 5.89. The molecule has 0 aromatic heterocycles. The van der Waals surface area contributed by atoms with Crippen LogP contribution in [0.5, 0.6) is 0 Å². The Kier molecular flexibility index (Phi) is 4.29. The van der Waals surface area contributed by atoms with Gasteiger partial charge in [0.1, 0.15) is 11.2 Å². The van der Waals surface area contributed by atoms with Gasteiger partial charge in [0, 0.05) is 17.4 Å². The van der Waals surface area contributed by atoms with Gasteiger partial charge in [-0.1, -0.05) is 6.58 Å². The molecule has 0 radical (unpaired) electrons. The predicted molar refractivity (Wildman–Crippen MR) is 91.1 cm³/mol. The molecule has 24 heavy (non-hydrogen) atoms. The zero-order chi connectivity index (χ0) is 17.7. The van der Waals surface area contributed by atoms with Gasteiger partial charge in [-0.05, 0) is 71.6 Å². The van der Waals surface area contributed by atoms with Crippen LogP contribution in [0.3, 0.4) is 0 Å². The molecule has 0 N–H and O–H groups in total. The van der Waals surface area contributed by atoms with E-state index in [2.05, 4.69) is 6.58 Å². The fourth-order valence-electron chi connectivity index (χ4n) is 5.34. The summed E-state index contributed by atoms with van der Waals surface area (Å²) in [4.78, 5) is 24.9. The van der Waals surface area contributed by atoms with Crippen molar-refractivity contribution >= 4 is 11.9 Å². The average Bonchev–Trinajstić information content (AvgIpc) is 2.41. The Bertz CT molecular complexity index is 526. The molecular weight excluding hydrogens is 304 g/mol.